The molecule has 1 atom stereocenters. The van der Waals surface area contributed by atoms with Gasteiger partial charge in [0.15, 0.2) is 0 Å². The van der Waals surface area contributed by atoms with Crippen molar-refractivity contribution >= 4 is 57.6 Å². The fourth-order valence-corrected chi connectivity index (χ4v) is 3.96. The summed E-state index contributed by atoms with van der Waals surface area (Å²) < 4.78 is 0.278. The highest BCUT2D eigenvalue weighted by atomic mass is 32.2. The van der Waals surface area contributed by atoms with Gasteiger partial charge < -0.3 is 9.90 Å². The van der Waals surface area contributed by atoms with Gasteiger partial charge in [0.1, 0.15) is 4.32 Å². The van der Waals surface area contributed by atoms with E-state index < -0.39 is 12.0 Å². The Labute approximate surface area is 130 Å². The van der Waals surface area contributed by atoms with Gasteiger partial charge in [-0.3, -0.25) is 9.69 Å². The van der Waals surface area contributed by atoms with Crippen molar-refractivity contribution in [1.82, 2.24) is 4.90 Å². The van der Waals surface area contributed by atoms with Crippen LogP contribution >= 0.6 is 35.3 Å². The van der Waals surface area contributed by atoms with E-state index >= 15 is 0 Å². The minimum atomic E-state index is -1.26. The molecule has 0 radical (unpaired) electrons. The zero-order valence-corrected chi connectivity index (χ0v) is 13.1. The van der Waals surface area contributed by atoms with Crippen LogP contribution in [0.5, 0.6) is 0 Å². The molecule has 1 aromatic heterocycles. The molecule has 0 unspecified atom stereocenters. The van der Waals surface area contributed by atoms with Crippen LogP contribution in [0.15, 0.2) is 22.4 Å². The van der Waals surface area contributed by atoms with Crippen LogP contribution in [0.3, 0.4) is 0 Å². The molecule has 0 aromatic carbocycles. The Morgan fingerprint density at radius 1 is 1.60 bits per heavy atom. The first-order valence-electron chi connectivity index (χ1n) is 6.06. The minimum Gasteiger partial charge on any atom is -0.548 e. The first-order chi connectivity index (χ1) is 9.54. The van der Waals surface area contributed by atoms with E-state index in [1.54, 1.807) is 6.08 Å². The fraction of sp³-hybridized carbons (Fsp3) is 0.308. The third-order valence-corrected chi connectivity index (χ3v) is 4.94. The van der Waals surface area contributed by atoms with Crippen LogP contribution in [0.2, 0.25) is 0 Å². The van der Waals surface area contributed by atoms with E-state index in [0.717, 1.165) is 21.5 Å². The Morgan fingerprint density at radius 3 is 2.90 bits per heavy atom. The van der Waals surface area contributed by atoms with Crippen LogP contribution in [0.25, 0.3) is 6.08 Å². The summed E-state index contributed by atoms with van der Waals surface area (Å²) in [6, 6.07) is 2.79. The zero-order valence-electron chi connectivity index (χ0n) is 10.7. The Balaban J connectivity index is 2.26. The number of thiocarbonyl (C=S) groups is 1. The summed E-state index contributed by atoms with van der Waals surface area (Å²) in [6.07, 6.45) is 2.71. The van der Waals surface area contributed by atoms with Gasteiger partial charge in [0, 0.05) is 4.88 Å². The highest BCUT2D eigenvalue weighted by Gasteiger charge is 2.37. The molecule has 1 aliphatic rings. The number of carbonyl (C=O) groups excluding carboxylic acids is 2. The van der Waals surface area contributed by atoms with E-state index in [9.17, 15) is 14.7 Å². The largest absolute Gasteiger partial charge is 0.548 e. The van der Waals surface area contributed by atoms with Gasteiger partial charge >= 0.3 is 0 Å². The quantitative estimate of drug-likeness (QED) is 0.611. The van der Waals surface area contributed by atoms with Crippen molar-refractivity contribution in [3.63, 3.8) is 0 Å². The van der Waals surface area contributed by atoms with Gasteiger partial charge in [-0.25, -0.2) is 0 Å². The summed E-state index contributed by atoms with van der Waals surface area (Å²) in [4.78, 5) is 26.1. The molecule has 0 aliphatic carbocycles. The van der Waals surface area contributed by atoms with Crippen molar-refractivity contribution in [2.75, 3.05) is 0 Å². The van der Waals surface area contributed by atoms with Crippen LogP contribution in [0.4, 0.5) is 0 Å². The molecule has 4 nitrogen and oxygen atoms in total. The average molecular weight is 326 g/mol. The molecule has 1 amide bonds. The maximum Gasteiger partial charge on any atom is 0.266 e. The molecule has 2 heterocycles. The second-order valence-electron chi connectivity index (χ2n) is 4.19. The number of rotatable bonds is 5. The highest BCUT2D eigenvalue weighted by Crippen LogP contribution is 2.35. The fourth-order valence-electron chi connectivity index (χ4n) is 1.88. The van der Waals surface area contributed by atoms with Crippen LogP contribution in [-0.2, 0) is 9.59 Å². The molecular formula is C13H12NO3S3-. The summed E-state index contributed by atoms with van der Waals surface area (Å²) in [5.74, 6) is -1.61. The Morgan fingerprint density at radius 2 is 2.35 bits per heavy atom. The van der Waals surface area contributed by atoms with Gasteiger partial charge in [0.25, 0.3) is 5.91 Å². The monoisotopic (exact) mass is 326 g/mol. The van der Waals surface area contributed by atoms with Gasteiger partial charge in [0.2, 0.25) is 0 Å². The van der Waals surface area contributed by atoms with Crippen molar-refractivity contribution in [3.05, 3.63) is 27.3 Å². The molecule has 106 valence electrons. The predicted molar refractivity (Wildman–Crippen MR) is 83.0 cm³/mol. The summed E-state index contributed by atoms with van der Waals surface area (Å²) in [5, 5.41) is 13.1. The van der Waals surface area contributed by atoms with E-state index in [-0.39, 0.29) is 10.2 Å². The Bertz CT molecular complexity index is 565. The molecule has 20 heavy (non-hydrogen) atoms. The lowest BCUT2D eigenvalue weighted by Crippen LogP contribution is -2.49. The zero-order chi connectivity index (χ0) is 14.7. The van der Waals surface area contributed by atoms with E-state index in [4.69, 9.17) is 12.2 Å². The van der Waals surface area contributed by atoms with Gasteiger partial charge in [-0.2, -0.15) is 0 Å². The molecule has 7 heteroatoms. The van der Waals surface area contributed by atoms with Gasteiger partial charge in [-0.15, -0.1) is 11.3 Å². The first-order valence-corrected chi connectivity index (χ1v) is 8.16. The summed E-state index contributed by atoms with van der Waals surface area (Å²) in [6.45, 7) is 1.86. The lowest BCUT2D eigenvalue weighted by atomic mass is 10.1. The van der Waals surface area contributed by atoms with Crippen molar-refractivity contribution < 1.29 is 14.7 Å². The number of thioether (sulfide) groups is 1. The second kappa shape index (κ2) is 6.51. The molecule has 0 saturated carbocycles. The molecule has 0 bridgehead atoms. The Hall–Kier alpha value is -1.18. The van der Waals surface area contributed by atoms with E-state index in [1.165, 1.54) is 11.3 Å². The smallest absolute Gasteiger partial charge is 0.266 e. The van der Waals surface area contributed by atoms with Crippen molar-refractivity contribution in [3.8, 4) is 0 Å². The number of nitrogens with zero attached hydrogens (tertiary/aromatic N) is 1. The Kier molecular flexibility index (Phi) is 4.95. The molecular weight excluding hydrogens is 314 g/mol. The normalized spacial score (nSPS) is 18.9. The number of hydrogen-bond donors (Lipinski definition) is 0. The third kappa shape index (κ3) is 3.11. The van der Waals surface area contributed by atoms with Crippen LogP contribution in [-0.4, -0.2) is 27.1 Å². The number of aliphatic carboxylic acids is 1. The molecule has 0 spiro atoms. The van der Waals surface area contributed by atoms with Gasteiger partial charge in [0.05, 0.1) is 16.9 Å². The predicted octanol–water partition coefficient (Wildman–Crippen LogP) is 1.87. The average Bonchev–Trinajstić information content (AvgIpc) is 2.98. The maximum absolute atomic E-state index is 12.3. The summed E-state index contributed by atoms with van der Waals surface area (Å²) in [5.41, 5.74) is 0. The number of carboxylic acids is 1. The maximum atomic E-state index is 12.3. The minimum absolute atomic E-state index is 0.278. The molecule has 1 aliphatic heterocycles. The molecule has 0 N–H and O–H groups in total. The van der Waals surface area contributed by atoms with Crippen LogP contribution in [0, 0.1) is 0 Å². The van der Waals surface area contributed by atoms with Gasteiger partial charge in [-0.05, 0) is 23.9 Å². The number of hydrogen-bond acceptors (Lipinski definition) is 6. The van der Waals surface area contributed by atoms with Crippen molar-refractivity contribution in [2.45, 2.75) is 25.8 Å². The topological polar surface area (TPSA) is 60.4 Å². The number of thiophene rings is 1. The van der Waals surface area contributed by atoms with E-state index in [1.807, 2.05) is 24.4 Å². The van der Waals surface area contributed by atoms with E-state index in [2.05, 4.69) is 0 Å². The third-order valence-electron chi connectivity index (χ3n) is 2.79. The summed E-state index contributed by atoms with van der Waals surface area (Å²) >= 11 is 7.78. The van der Waals surface area contributed by atoms with Crippen molar-refractivity contribution in [2.24, 2.45) is 0 Å². The SMILES string of the molecule is CCC[C@@H](C(=O)[O-])N1C(=O)C(=Cc2cccs2)SC1=S. The standard InChI is InChI=1S/C13H13NO3S3/c1-2-4-9(12(16)17)14-11(15)10(20-13(14)18)7-8-5-3-6-19-8/h3,5-7,9H,2,4H2,1H3,(H,16,17)/p-1/t9-/m0/s1. The molecule has 1 fully saturated rings. The second-order valence-corrected chi connectivity index (χ2v) is 6.85. The number of carbonyl (C=O) groups is 2. The summed E-state index contributed by atoms with van der Waals surface area (Å²) in [7, 11) is 0. The number of carboxylic acid groups (broad SMARTS) is 1. The highest BCUT2D eigenvalue weighted by molar-refractivity contribution is 8.26. The lowest BCUT2D eigenvalue weighted by molar-refractivity contribution is -0.310. The molecule has 1 saturated heterocycles. The number of amides is 1. The van der Waals surface area contributed by atoms with Crippen molar-refractivity contribution in [1.29, 1.82) is 0 Å². The first kappa shape index (κ1) is 15.2. The van der Waals surface area contributed by atoms with Gasteiger partial charge in [-0.1, -0.05) is 43.4 Å². The lowest BCUT2D eigenvalue weighted by Gasteiger charge is -2.27. The van der Waals surface area contributed by atoms with Crippen LogP contribution < -0.4 is 5.11 Å². The van der Waals surface area contributed by atoms with E-state index in [0.29, 0.717) is 17.7 Å². The molecule has 2 rings (SSSR count). The van der Waals surface area contributed by atoms with Crippen LogP contribution in [0.1, 0.15) is 24.6 Å². The molecule has 1 aromatic rings.